The Hall–Kier alpha value is -4.80. The standard InChI is InChI=1S/C32H28N6O3S/c39-30(35-22-14-12-21(13-15-22)19-37-16-5-2-6-17-37)28-27-26-29(33-20-34-31(26)42-28)38(32(40)36-27)23-8-7-11-25(18-23)41-24-9-3-1-4-10-24/h1,3-4,7-15,18,20H,2,5-6,16-17,19H2,(H,35,39)(H,36,40). The lowest BCUT2D eigenvalue weighted by molar-refractivity contribution is 0.103. The van der Waals surface area contributed by atoms with Gasteiger partial charge in [-0.05, 0) is 67.9 Å². The van der Waals surface area contributed by atoms with Gasteiger partial charge in [0.2, 0.25) is 0 Å². The molecule has 1 saturated heterocycles. The van der Waals surface area contributed by atoms with E-state index in [1.807, 2.05) is 60.7 Å². The lowest BCUT2D eigenvalue weighted by Crippen LogP contribution is -2.35. The number of thiophene rings is 1. The summed E-state index contributed by atoms with van der Waals surface area (Å²) in [7, 11) is 0. The summed E-state index contributed by atoms with van der Waals surface area (Å²) in [5.41, 5.74) is 2.91. The van der Waals surface area contributed by atoms with Crippen LogP contribution < -0.4 is 20.3 Å². The molecule has 3 aromatic carbocycles. The predicted molar refractivity (Wildman–Crippen MR) is 165 cm³/mol. The highest BCUT2D eigenvalue weighted by Crippen LogP contribution is 2.45. The highest BCUT2D eigenvalue weighted by molar-refractivity contribution is 7.21. The van der Waals surface area contributed by atoms with Crippen molar-refractivity contribution in [1.29, 1.82) is 0 Å². The zero-order valence-electron chi connectivity index (χ0n) is 22.7. The second-order valence-electron chi connectivity index (χ2n) is 10.3. The van der Waals surface area contributed by atoms with E-state index in [2.05, 4.69) is 37.6 Å². The van der Waals surface area contributed by atoms with Gasteiger partial charge in [0.15, 0.2) is 5.82 Å². The monoisotopic (exact) mass is 576 g/mol. The molecule has 0 unspecified atom stereocenters. The number of hydrogen-bond acceptors (Lipinski definition) is 7. The third kappa shape index (κ3) is 5.17. The minimum atomic E-state index is -0.422. The van der Waals surface area contributed by atoms with Crippen molar-refractivity contribution in [3.63, 3.8) is 0 Å². The number of piperidine rings is 1. The fourth-order valence-corrected chi connectivity index (χ4v) is 6.42. The summed E-state index contributed by atoms with van der Waals surface area (Å²) in [5.74, 6) is 1.37. The van der Waals surface area contributed by atoms with Gasteiger partial charge in [-0.1, -0.05) is 42.8 Å². The molecule has 0 aliphatic carbocycles. The topological polar surface area (TPSA) is 99.7 Å². The Morgan fingerprint density at radius 3 is 2.52 bits per heavy atom. The summed E-state index contributed by atoms with van der Waals surface area (Å²) in [5, 5.41) is 6.53. The van der Waals surface area contributed by atoms with Crippen LogP contribution in [0.4, 0.5) is 27.7 Å². The van der Waals surface area contributed by atoms with Crippen LogP contribution in [0.15, 0.2) is 85.2 Å². The number of aromatic nitrogens is 2. The Kier molecular flexibility index (Phi) is 6.98. The number of ether oxygens (including phenoxy) is 1. The molecule has 10 heteroatoms. The van der Waals surface area contributed by atoms with Gasteiger partial charge in [0, 0.05) is 18.3 Å². The van der Waals surface area contributed by atoms with Crippen LogP contribution in [0.3, 0.4) is 0 Å². The van der Waals surface area contributed by atoms with Crippen LogP contribution in [0.5, 0.6) is 11.5 Å². The molecule has 9 nitrogen and oxygen atoms in total. The van der Waals surface area contributed by atoms with Gasteiger partial charge in [-0.2, -0.15) is 0 Å². The summed E-state index contributed by atoms with van der Waals surface area (Å²) >= 11 is 1.22. The molecule has 2 aliphatic heterocycles. The number of rotatable bonds is 7. The predicted octanol–water partition coefficient (Wildman–Crippen LogP) is 7.41. The van der Waals surface area contributed by atoms with Gasteiger partial charge >= 0.3 is 6.03 Å². The zero-order chi connectivity index (χ0) is 28.5. The lowest BCUT2D eigenvalue weighted by Gasteiger charge is -2.27. The van der Waals surface area contributed by atoms with Crippen LogP contribution >= 0.6 is 11.3 Å². The minimum Gasteiger partial charge on any atom is -0.457 e. The van der Waals surface area contributed by atoms with Gasteiger partial charge in [-0.3, -0.25) is 9.69 Å². The van der Waals surface area contributed by atoms with Crippen LogP contribution in [0.2, 0.25) is 0 Å². The van der Waals surface area contributed by atoms with Crippen molar-refractivity contribution in [2.24, 2.45) is 0 Å². The zero-order valence-corrected chi connectivity index (χ0v) is 23.6. The summed E-state index contributed by atoms with van der Waals surface area (Å²) in [4.78, 5) is 40.7. The highest BCUT2D eigenvalue weighted by atomic mass is 32.1. The number of urea groups is 1. The molecule has 5 aromatic rings. The van der Waals surface area contributed by atoms with Gasteiger partial charge in [0.1, 0.15) is 27.5 Å². The third-order valence-corrected chi connectivity index (χ3v) is 8.54. The lowest BCUT2D eigenvalue weighted by atomic mass is 10.1. The second kappa shape index (κ2) is 11.2. The first-order valence-corrected chi connectivity index (χ1v) is 14.8. The second-order valence-corrected chi connectivity index (χ2v) is 11.3. The molecule has 7 rings (SSSR count). The Bertz CT molecular complexity index is 1770. The number of nitrogens with zero attached hydrogens (tertiary/aromatic N) is 4. The Balaban J connectivity index is 1.14. The maximum Gasteiger partial charge on any atom is 0.332 e. The SMILES string of the molecule is O=C(Nc1ccc(CN2CCCCC2)cc1)c1sc2ncnc3c2c1NC(=O)N3c1cccc(Oc2ccccc2)c1. The van der Waals surface area contributed by atoms with Crippen molar-refractivity contribution in [3.8, 4) is 11.5 Å². The molecule has 0 radical (unpaired) electrons. The van der Waals surface area contributed by atoms with E-state index >= 15 is 0 Å². The molecule has 1 fully saturated rings. The fourth-order valence-electron chi connectivity index (χ4n) is 5.43. The van der Waals surface area contributed by atoms with Crippen molar-refractivity contribution in [3.05, 3.63) is 95.6 Å². The molecule has 0 saturated carbocycles. The largest absolute Gasteiger partial charge is 0.457 e. The summed E-state index contributed by atoms with van der Waals surface area (Å²) in [6.07, 6.45) is 5.22. The van der Waals surface area contributed by atoms with E-state index in [0.717, 1.165) is 19.6 Å². The Morgan fingerprint density at radius 2 is 1.71 bits per heavy atom. The molecule has 3 amide bonds. The molecule has 2 N–H and O–H groups in total. The fraction of sp³-hybridized carbons (Fsp3) is 0.188. The molecule has 0 atom stereocenters. The number of hydrogen-bond donors (Lipinski definition) is 2. The van der Waals surface area contributed by atoms with Crippen molar-refractivity contribution in [2.45, 2.75) is 25.8 Å². The number of carbonyl (C=O) groups is 2. The van der Waals surface area contributed by atoms with Crippen molar-refractivity contribution in [1.82, 2.24) is 14.9 Å². The maximum absolute atomic E-state index is 13.5. The first-order valence-electron chi connectivity index (χ1n) is 14.0. The highest BCUT2D eigenvalue weighted by Gasteiger charge is 2.34. The number of carbonyl (C=O) groups excluding carboxylic acids is 2. The minimum absolute atomic E-state index is 0.310. The average Bonchev–Trinajstić information content (AvgIpc) is 3.39. The molecule has 2 aromatic heterocycles. The number of amides is 3. The Morgan fingerprint density at radius 1 is 0.929 bits per heavy atom. The molecule has 0 bridgehead atoms. The first kappa shape index (κ1) is 26.1. The van der Waals surface area contributed by atoms with Crippen molar-refractivity contribution in [2.75, 3.05) is 28.6 Å². The van der Waals surface area contributed by atoms with Crippen molar-refractivity contribution >= 4 is 56.4 Å². The van der Waals surface area contributed by atoms with E-state index in [4.69, 9.17) is 4.74 Å². The van der Waals surface area contributed by atoms with Crippen LogP contribution in [-0.2, 0) is 6.54 Å². The molecule has 0 spiro atoms. The number of para-hydroxylation sites is 1. The van der Waals surface area contributed by atoms with E-state index in [1.54, 1.807) is 6.07 Å². The normalized spacial score (nSPS) is 15.0. The van der Waals surface area contributed by atoms with Gasteiger partial charge in [-0.15, -0.1) is 11.3 Å². The number of nitrogens with one attached hydrogen (secondary N) is 2. The van der Waals surface area contributed by atoms with Crippen LogP contribution in [0.25, 0.3) is 10.2 Å². The molecule has 2 aliphatic rings. The molecule has 42 heavy (non-hydrogen) atoms. The van der Waals surface area contributed by atoms with Gasteiger partial charge in [0.25, 0.3) is 5.91 Å². The average molecular weight is 577 g/mol. The number of anilines is 4. The van der Waals surface area contributed by atoms with Gasteiger partial charge in [0.05, 0.1) is 16.8 Å². The van der Waals surface area contributed by atoms with E-state index in [9.17, 15) is 9.59 Å². The first-order chi connectivity index (χ1) is 20.6. The smallest absolute Gasteiger partial charge is 0.332 e. The van der Waals surface area contributed by atoms with E-state index < -0.39 is 6.03 Å². The maximum atomic E-state index is 13.5. The summed E-state index contributed by atoms with van der Waals surface area (Å²) in [6, 6.07) is 24.2. The van der Waals surface area contributed by atoms with E-state index in [-0.39, 0.29) is 5.91 Å². The van der Waals surface area contributed by atoms with E-state index in [1.165, 1.54) is 47.4 Å². The van der Waals surface area contributed by atoms with Gasteiger partial charge in [-0.25, -0.2) is 19.7 Å². The number of likely N-dealkylation sites (tertiary alicyclic amines) is 1. The number of benzene rings is 3. The van der Waals surface area contributed by atoms with Crippen molar-refractivity contribution < 1.29 is 14.3 Å². The third-order valence-electron chi connectivity index (χ3n) is 7.44. The van der Waals surface area contributed by atoms with Gasteiger partial charge < -0.3 is 15.4 Å². The van der Waals surface area contributed by atoms with E-state index in [0.29, 0.717) is 49.5 Å². The quantitative estimate of drug-likeness (QED) is 0.209. The molecular formula is C32H28N6O3S. The molecule has 210 valence electrons. The molecular weight excluding hydrogens is 548 g/mol. The van der Waals surface area contributed by atoms with Crippen LogP contribution in [-0.4, -0.2) is 39.9 Å². The van der Waals surface area contributed by atoms with Crippen LogP contribution in [0, 0.1) is 0 Å². The van der Waals surface area contributed by atoms with Crippen LogP contribution in [0.1, 0.15) is 34.5 Å². The summed E-state index contributed by atoms with van der Waals surface area (Å²) < 4.78 is 5.98. The molecule has 4 heterocycles. The summed E-state index contributed by atoms with van der Waals surface area (Å²) in [6.45, 7) is 3.18. The Labute approximate surface area is 246 Å².